The van der Waals surface area contributed by atoms with E-state index in [1.54, 1.807) is 11.1 Å². The third-order valence-corrected chi connectivity index (χ3v) is 8.86. The van der Waals surface area contributed by atoms with Crippen molar-refractivity contribution in [3.8, 4) is 0 Å². The molecule has 0 amide bonds. The minimum Gasteiger partial charge on any atom is -0.398 e. The molecule has 2 nitrogen and oxygen atoms in total. The van der Waals surface area contributed by atoms with E-state index in [0.717, 1.165) is 0 Å². The molecule has 0 N–H and O–H groups in total. The smallest absolute Gasteiger partial charge is 0.337 e. The van der Waals surface area contributed by atoms with Crippen LogP contribution in [0.5, 0.6) is 0 Å². The fraction of sp³-hybridized carbons (Fsp3) is 0.765. The Morgan fingerprint density at radius 1 is 0.900 bits per heavy atom. The van der Waals surface area contributed by atoms with E-state index in [0.29, 0.717) is 5.54 Å². The van der Waals surface area contributed by atoms with Crippen LogP contribution in [0, 0.1) is 0 Å². The molecule has 3 heteroatoms. The third kappa shape index (κ3) is 3.83. The molecule has 0 aromatic heterocycles. The van der Waals surface area contributed by atoms with Crippen LogP contribution in [-0.2, 0) is 8.85 Å². The summed E-state index contributed by atoms with van der Waals surface area (Å²) in [6.45, 7) is 2.22. The molecule has 1 atom stereocenters. The Morgan fingerprint density at radius 3 is 2.35 bits per heavy atom. The SMILES string of the molecule is CO[Si](C)(OC)C1CCC=C(C2=CCCCCC2)CC1. The molecule has 0 aromatic rings. The number of allylic oxidation sites excluding steroid dienone is 4. The summed E-state index contributed by atoms with van der Waals surface area (Å²) in [5.41, 5.74) is 3.89. The Bertz CT molecular complexity index is 369. The van der Waals surface area contributed by atoms with Gasteiger partial charge in [0.1, 0.15) is 0 Å². The molecular formula is C17H30O2Si. The van der Waals surface area contributed by atoms with Crippen LogP contribution in [0.25, 0.3) is 0 Å². The summed E-state index contributed by atoms with van der Waals surface area (Å²) >= 11 is 0. The zero-order valence-electron chi connectivity index (χ0n) is 13.4. The first kappa shape index (κ1) is 16.0. The van der Waals surface area contributed by atoms with Crippen LogP contribution in [0.4, 0.5) is 0 Å². The maximum atomic E-state index is 5.76. The zero-order valence-corrected chi connectivity index (χ0v) is 14.4. The predicted octanol–water partition coefficient (Wildman–Crippen LogP) is 5.11. The van der Waals surface area contributed by atoms with Crippen molar-refractivity contribution in [2.45, 2.75) is 69.9 Å². The van der Waals surface area contributed by atoms with Gasteiger partial charge < -0.3 is 8.85 Å². The van der Waals surface area contributed by atoms with Crippen LogP contribution in [0.2, 0.25) is 12.1 Å². The molecule has 0 aliphatic heterocycles. The van der Waals surface area contributed by atoms with Crippen molar-refractivity contribution >= 4 is 8.56 Å². The third-order valence-electron chi connectivity index (χ3n) is 5.17. The molecule has 0 aromatic carbocycles. The Morgan fingerprint density at radius 2 is 1.60 bits per heavy atom. The van der Waals surface area contributed by atoms with Crippen molar-refractivity contribution in [2.24, 2.45) is 0 Å². The molecule has 114 valence electrons. The van der Waals surface area contributed by atoms with E-state index in [-0.39, 0.29) is 0 Å². The van der Waals surface area contributed by atoms with Gasteiger partial charge in [0.25, 0.3) is 0 Å². The predicted molar refractivity (Wildman–Crippen MR) is 87.1 cm³/mol. The molecule has 0 heterocycles. The quantitative estimate of drug-likeness (QED) is 0.671. The van der Waals surface area contributed by atoms with Crippen molar-refractivity contribution in [2.75, 3.05) is 14.2 Å². The minimum absolute atomic E-state index is 0.623. The van der Waals surface area contributed by atoms with Gasteiger partial charge in [-0.3, -0.25) is 0 Å². The summed E-state index contributed by atoms with van der Waals surface area (Å²) in [6, 6.07) is 0. The first-order chi connectivity index (χ1) is 9.69. The summed E-state index contributed by atoms with van der Waals surface area (Å²) in [5, 5.41) is 0. The molecule has 20 heavy (non-hydrogen) atoms. The molecule has 2 aliphatic carbocycles. The van der Waals surface area contributed by atoms with Crippen LogP contribution in [0.1, 0.15) is 57.8 Å². The summed E-state index contributed by atoms with van der Waals surface area (Å²) in [7, 11) is 1.67. The van der Waals surface area contributed by atoms with Gasteiger partial charge in [-0.1, -0.05) is 18.6 Å². The van der Waals surface area contributed by atoms with Crippen LogP contribution in [0.15, 0.2) is 23.3 Å². The van der Waals surface area contributed by atoms with Gasteiger partial charge in [-0.15, -0.1) is 0 Å². The lowest BCUT2D eigenvalue weighted by Crippen LogP contribution is -2.41. The number of hydrogen-bond acceptors (Lipinski definition) is 2. The Labute approximate surface area is 125 Å². The minimum atomic E-state index is -1.97. The maximum absolute atomic E-state index is 5.76. The lowest BCUT2D eigenvalue weighted by atomic mass is 9.97. The molecule has 0 saturated heterocycles. The van der Waals surface area contributed by atoms with Crippen molar-refractivity contribution < 1.29 is 8.85 Å². The number of rotatable bonds is 4. The number of hydrogen-bond donors (Lipinski definition) is 0. The van der Waals surface area contributed by atoms with Gasteiger partial charge in [-0.25, -0.2) is 0 Å². The van der Waals surface area contributed by atoms with Crippen LogP contribution in [0.3, 0.4) is 0 Å². The van der Waals surface area contributed by atoms with E-state index in [4.69, 9.17) is 8.85 Å². The topological polar surface area (TPSA) is 18.5 Å². The second-order valence-corrected chi connectivity index (χ2v) is 9.96. The monoisotopic (exact) mass is 294 g/mol. The highest BCUT2D eigenvalue weighted by molar-refractivity contribution is 6.67. The van der Waals surface area contributed by atoms with Gasteiger partial charge >= 0.3 is 8.56 Å². The van der Waals surface area contributed by atoms with Crippen LogP contribution < -0.4 is 0 Å². The molecule has 0 bridgehead atoms. The second-order valence-electron chi connectivity index (χ2n) is 6.30. The normalized spacial score (nSPS) is 25.4. The average Bonchev–Trinajstić information content (AvgIpc) is 2.89. The molecule has 0 fully saturated rings. The van der Waals surface area contributed by atoms with Gasteiger partial charge in [-0.05, 0) is 69.1 Å². The summed E-state index contributed by atoms with van der Waals surface area (Å²) in [5.74, 6) is 0. The summed E-state index contributed by atoms with van der Waals surface area (Å²) in [4.78, 5) is 0. The molecule has 2 aliphatic rings. The highest BCUT2D eigenvalue weighted by Gasteiger charge is 2.39. The fourth-order valence-corrected chi connectivity index (χ4v) is 5.77. The Hall–Kier alpha value is -0.383. The Balaban J connectivity index is 2.00. The summed E-state index contributed by atoms with van der Waals surface area (Å²) < 4.78 is 11.5. The summed E-state index contributed by atoms with van der Waals surface area (Å²) in [6.07, 6.45) is 16.6. The molecule has 2 rings (SSSR count). The van der Waals surface area contributed by atoms with Crippen LogP contribution in [-0.4, -0.2) is 22.8 Å². The molecule has 1 unspecified atom stereocenters. The van der Waals surface area contributed by atoms with E-state index in [2.05, 4.69) is 18.7 Å². The van der Waals surface area contributed by atoms with Gasteiger partial charge in [-0.2, -0.15) is 0 Å². The first-order valence-electron chi connectivity index (χ1n) is 8.18. The van der Waals surface area contributed by atoms with Crippen LogP contribution >= 0.6 is 0 Å². The van der Waals surface area contributed by atoms with E-state index in [1.165, 1.54) is 57.8 Å². The van der Waals surface area contributed by atoms with Crippen molar-refractivity contribution in [1.29, 1.82) is 0 Å². The maximum Gasteiger partial charge on any atom is 0.337 e. The van der Waals surface area contributed by atoms with Gasteiger partial charge in [0.15, 0.2) is 0 Å². The van der Waals surface area contributed by atoms with Gasteiger partial charge in [0.05, 0.1) is 0 Å². The van der Waals surface area contributed by atoms with E-state index in [1.807, 2.05) is 14.2 Å². The largest absolute Gasteiger partial charge is 0.398 e. The average molecular weight is 295 g/mol. The fourth-order valence-electron chi connectivity index (χ4n) is 3.57. The molecule has 0 saturated carbocycles. The standard InChI is InChI=1S/C17H30O2Si/c1-18-20(3,19-2)17-12-8-11-16(13-14-17)15-9-6-4-5-7-10-15/h9,11,17H,4-8,10,12-14H2,1-3H3. The van der Waals surface area contributed by atoms with Gasteiger partial charge in [0.2, 0.25) is 0 Å². The van der Waals surface area contributed by atoms with E-state index in [9.17, 15) is 0 Å². The highest BCUT2D eigenvalue weighted by Crippen LogP contribution is 2.39. The highest BCUT2D eigenvalue weighted by atomic mass is 28.4. The second kappa shape index (κ2) is 7.58. The van der Waals surface area contributed by atoms with Crippen molar-refractivity contribution in [3.63, 3.8) is 0 Å². The molecular weight excluding hydrogens is 264 g/mol. The molecule has 0 radical (unpaired) electrons. The van der Waals surface area contributed by atoms with E-state index < -0.39 is 8.56 Å². The zero-order chi connectivity index (χ0) is 14.4. The molecule has 0 spiro atoms. The first-order valence-corrected chi connectivity index (χ1v) is 10.6. The lowest BCUT2D eigenvalue weighted by molar-refractivity contribution is 0.232. The van der Waals surface area contributed by atoms with Crippen molar-refractivity contribution in [1.82, 2.24) is 0 Å². The van der Waals surface area contributed by atoms with E-state index >= 15 is 0 Å². The Kier molecular flexibility index (Phi) is 6.06. The lowest BCUT2D eigenvalue weighted by Gasteiger charge is -2.31. The van der Waals surface area contributed by atoms with Crippen molar-refractivity contribution in [3.05, 3.63) is 23.3 Å². The van der Waals surface area contributed by atoms with Gasteiger partial charge in [0, 0.05) is 19.8 Å².